The minimum atomic E-state index is 1.14. The fraction of sp³-hybridized carbons (Fsp3) is 0. The number of fused-ring (bicyclic) bond motifs is 9. The first-order valence-corrected chi connectivity index (χ1v) is 21.7. The second kappa shape index (κ2) is 14.1. The van der Waals surface area contributed by atoms with Gasteiger partial charge in [-0.3, -0.25) is 0 Å². The highest BCUT2D eigenvalue weighted by Gasteiger charge is 2.22. The van der Waals surface area contributed by atoms with Gasteiger partial charge in [0.1, 0.15) is 0 Å². The lowest BCUT2D eigenvalue weighted by atomic mass is 9.91. The maximum Gasteiger partial charge on any atom is 0.0619 e. The Morgan fingerprint density at radius 2 is 0.460 bits per heavy atom. The van der Waals surface area contributed by atoms with Crippen LogP contribution >= 0.6 is 0 Å². The molecule has 0 aliphatic rings. The van der Waals surface area contributed by atoms with Crippen LogP contribution in [-0.2, 0) is 0 Å². The maximum atomic E-state index is 2.45. The maximum absolute atomic E-state index is 2.45. The van der Waals surface area contributed by atoms with Crippen LogP contribution in [0.3, 0.4) is 0 Å². The van der Waals surface area contributed by atoms with E-state index in [1.807, 2.05) is 0 Å². The molecule has 0 saturated carbocycles. The van der Waals surface area contributed by atoms with Gasteiger partial charge in [-0.1, -0.05) is 164 Å². The highest BCUT2D eigenvalue weighted by molar-refractivity contribution is 6.17. The molecule has 10 aromatic carbocycles. The Labute approximate surface area is 364 Å². The van der Waals surface area contributed by atoms with E-state index in [0.717, 1.165) is 33.8 Å². The van der Waals surface area contributed by atoms with Crippen LogP contribution in [-0.4, -0.2) is 13.7 Å². The zero-order valence-electron chi connectivity index (χ0n) is 34.4. The molecular weight excluding hydrogens is 763 g/mol. The number of benzene rings is 10. The predicted octanol–water partition coefficient (Wildman–Crippen LogP) is 16.0. The molecular formula is C60H39N3. The third-order valence-electron chi connectivity index (χ3n) is 13.0. The van der Waals surface area contributed by atoms with E-state index in [0.29, 0.717) is 0 Å². The third kappa shape index (κ3) is 5.40. The van der Waals surface area contributed by atoms with Crippen LogP contribution in [0.5, 0.6) is 0 Å². The van der Waals surface area contributed by atoms with Crippen LogP contribution in [0.1, 0.15) is 0 Å². The molecule has 0 N–H and O–H groups in total. The van der Waals surface area contributed by atoms with Crippen molar-refractivity contribution in [3.63, 3.8) is 0 Å². The van der Waals surface area contributed by atoms with Gasteiger partial charge in [-0.05, 0) is 89.5 Å². The van der Waals surface area contributed by atoms with Crippen molar-refractivity contribution in [3.8, 4) is 50.4 Å². The summed E-state index contributed by atoms with van der Waals surface area (Å²) in [6, 6.07) is 86.6. The largest absolute Gasteiger partial charge is 0.309 e. The van der Waals surface area contributed by atoms with Crippen LogP contribution in [0.25, 0.3) is 116 Å². The Kier molecular flexibility index (Phi) is 7.91. The average Bonchev–Trinajstić information content (AvgIpc) is 4.01. The Hall–Kier alpha value is -8.40. The van der Waals surface area contributed by atoms with Crippen molar-refractivity contribution < 1.29 is 0 Å². The summed E-state index contributed by atoms with van der Waals surface area (Å²) < 4.78 is 7.36. The molecule has 0 aliphatic carbocycles. The van der Waals surface area contributed by atoms with Gasteiger partial charge in [0.15, 0.2) is 0 Å². The first-order valence-electron chi connectivity index (χ1n) is 21.7. The summed E-state index contributed by atoms with van der Waals surface area (Å²) in [5.41, 5.74) is 17.6. The van der Waals surface area contributed by atoms with E-state index in [9.17, 15) is 0 Å². The van der Waals surface area contributed by atoms with E-state index in [1.54, 1.807) is 0 Å². The van der Waals surface area contributed by atoms with Crippen molar-refractivity contribution in [2.45, 2.75) is 0 Å². The second-order valence-electron chi connectivity index (χ2n) is 16.5. The number of aromatic nitrogens is 3. The van der Waals surface area contributed by atoms with Crippen LogP contribution in [0.15, 0.2) is 237 Å². The summed E-state index contributed by atoms with van der Waals surface area (Å²) in [4.78, 5) is 0. The van der Waals surface area contributed by atoms with Gasteiger partial charge in [0.05, 0.1) is 33.1 Å². The lowest BCUT2D eigenvalue weighted by molar-refractivity contribution is 1.18. The van der Waals surface area contributed by atoms with E-state index in [2.05, 4.69) is 250 Å². The van der Waals surface area contributed by atoms with E-state index < -0.39 is 0 Å². The number of para-hydroxylation sites is 9. The molecule has 3 heteroatoms. The SMILES string of the molecule is c1ccc(-n2c3ccccc3c3cccc(-c4cc(-c5cccc6c7ccccc7n(-c7ccccc7)c56)cc(-c5cccc6c7ccccc7n(-c7ccccc7)c56)c4)c32)cc1. The summed E-state index contributed by atoms with van der Waals surface area (Å²) >= 11 is 0. The molecule has 3 nitrogen and oxygen atoms in total. The molecule has 13 rings (SSSR count). The molecule has 0 atom stereocenters. The summed E-state index contributed by atoms with van der Waals surface area (Å²) in [6.45, 7) is 0. The summed E-state index contributed by atoms with van der Waals surface area (Å²) in [6.07, 6.45) is 0. The summed E-state index contributed by atoms with van der Waals surface area (Å²) in [7, 11) is 0. The Bertz CT molecular complexity index is 3470. The van der Waals surface area contributed by atoms with Crippen molar-refractivity contribution in [1.82, 2.24) is 13.7 Å². The molecule has 3 aromatic heterocycles. The molecule has 3 heterocycles. The lowest BCUT2D eigenvalue weighted by Crippen LogP contribution is -1.97. The Morgan fingerprint density at radius 1 is 0.206 bits per heavy atom. The highest BCUT2D eigenvalue weighted by atomic mass is 15.0. The molecule has 0 bridgehead atoms. The lowest BCUT2D eigenvalue weighted by Gasteiger charge is -2.17. The zero-order chi connectivity index (χ0) is 41.4. The first kappa shape index (κ1) is 35.4. The normalized spacial score (nSPS) is 11.8. The molecule has 294 valence electrons. The number of hydrogen-bond donors (Lipinski definition) is 0. The van der Waals surface area contributed by atoms with Gasteiger partial charge in [0.25, 0.3) is 0 Å². The second-order valence-corrected chi connectivity index (χ2v) is 16.5. The van der Waals surface area contributed by atoms with Crippen LogP contribution in [0.2, 0.25) is 0 Å². The van der Waals surface area contributed by atoms with Gasteiger partial charge in [-0.2, -0.15) is 0 Å². The summed E-state index contributed by atoms with van der Waals surface area (Å²) in [5.74, 6) is 0. The van der Waals surface area contributed by atoms with E-state index in [1.165, 1.54) is 82.1 Å². The fourth-order valence-corrected chi connectivity index (χ4v) is 10.4. The molecule has 0 unspecified atom stereocenters. The summed E-state index contributed by atoms with van der Waals surface area (Å²) in [5, 5.41) is 7.42. The van der Waals surface area contributed by atoms with Gasteiger partial charge in [-0.15, -0.1) is 0 Å². The quantitative estimate of drug-likeness (QED) is 0.159. The van der Waals surface area contributed by atoms with Gasteiger partial charge < -0.3 is 13.7 Å². The third-order valence-corrected chi connectivity index (χ3v) is 13.0. The van der Waals surface area contributed by atoms with E-state index in [4.69, 9.17) is 0 Å². The minimum Gasteiger partial charge on any atom is -0.309 e. The van der Waals surface area contributed by atoms with Crippen molar-refractivity contribution in [3.05, 3.63) is 237 Å². The van der Waals surface area contributed by atoms with E-state index >= 15 is 0 Å². The van der Waals surface area contributed by atoms with Crippen molar-refractivity contribution >= 4 is 65.4 Å². The topological polar surface area (TPSA) is 14.8 Å². The standard InChI is InChI=1S/C60H39N3/c1-4-19-43(20-5-1)61-55-34-13-10-25-49(55)52-31-16-28-46(58(52)61)40-37-41(47-29-17-32-53-50-26-11-14-35-56(50)62(59(47)53)44-21-6-2-7-22-44)39-42(38-40)48-30-18-33-54-51-27-12-15-36-57(51)63(60(48)54)45-23-8-3-9-24-45/h1-39H. The zero-order valence-corrected chi connectivity index (χ0v) is 34.4. The van der Waals surface area contributed by atoms with E-state index in [-0.39, 0.29) is 0 Å². The van der Waals surface area contributed by atoms with Crippen LogP contribution < -0.4 is 0 Å². The Morgan fingerprint density at radius 3 is 0.762 bits per heavy atom. The van der Waals surface area contributed by atoms with Crippen molar-refractivity contribution in [1.29, 1.82) is 0 Å². The highest BCUT2D eigenvalue weighted by Crippen LogP contribution is 2.45. The molecule has 0 spiro atoms. The van der Waals surface area contributed by atoms with Gasteiger partial charge in [-0.25, -0.2) is 0 Å². The average molecular weight is 802 g/mol. The predicted molar refractivity (Wildman–Crippen MR) is 266 cm³/mol. The van der Waals surface area contributed by atoms with Crippen LogP contribution in [0, 0.1) is 0 Å². The molecule has 63 heavy (non-hydrogen) atoms. The van der Waals surface area contributed by atoms with Gasteiger partial charge in [0, 0.05) is 66.1 Å². The molecule has 0 radical (unpaired) electrons. The van der Waals surface area contributed by atoms with Gasteiger partial charge in [0.2, 0.25) is 0 Å². The first-order chi connectivity index (χ1) is 31.3. The number of nitrogens with zero attached hydrogens (tertiary/aromatic N) is 3. The monoisotopic (exact) mass is 801 g/mol. The minimum absolute atomic E-state index is 1.14. The molecule has 0 fully saturated rings. The fourth-order valence-electron chi connectivity index (χ4n) is 10.4. The smallest absolute Gasteiger partial charge is 0.0619 e. The number of hydrogen-bond acceptors (Lipinski definition) is 0. The molecule has 0 saturated heterocycles. The molecule has 0 aliphatic heterocycles. The number of rotatable bonds is 6. The van der Waals surface area contributed by atoms with Crippen LogP contribution in [0.4, 0.5) is 0 Å². The van der Waals surface area contributed by atoms with Crippen molar-refractivity contribution in [2.75, 3.05) is 0 Å². The van der Waals surface area contributed by atoms with Gasteiger partial charge >= 0.3 is 0 Å². The molecule has 0 amide bonds. The molecule has 13 aromatic rings. The van der Waals surface area contributed by atoms with Crippen molar-refractivity contribution in [2.24, 2.45) is 0 Å². The Balaban J connectivity index is 1.18.